The smallest absolute Gasteiger partial charge is 0.243 e. The van der Waals surface area contributed by atoms with Crippen LogP contribution in [0.1, 0.15) is 12.8 Å². The van der Waals surface area contributed by atoms with Crippen molar-refractivity contribution in [3.8, 4) is 0 Å². The van der Waals surface area contributed by atoms with Gasteiger partial charge in [0.25, 0.3) is 0 Å². The van der Waals surface area contributed by atoms with Crippen LogP contribution < -0.4 is 10.5 Å². The Balaban J connectivity index is 2.06. The van der Waals surface area contributed by atoms with Crippen LogP contribution in [0.4, 0.5) is 5.95 Å². The molecule has 1 aliphatic carbocycles. The van der Waals surface area contributed by atoms with Crippen molar-refractivity contribution in [1.29, 1.82) is 0 Å². The number of nitrogens with two attached hydrogens (primary N) is 1. The number of nitrogens with one attached hydrogen (secondary N) is 1. The highest BCUT2D eigenvalue weighted by atomic mass is 32.2. The fourth-order valence-corrected chi connectivity index (χ4v) is 3.20. The molecule has 1 aromatic heterocycles. The van der Waals surface area contributed by atoms with Gasteiger partial charge < -0.3 is 5.73 Å². The van der Waals surface area contributed by atoms with Crippen LogP contribution in [0.5, 0.6) is 0 Å². The van der Waals surface area contributed by atoms with Crippen LogP contribution in [0.3, 0.4) is 0 Å². The predicted molar refractivity (Wildman–Crippen MR) is 67.1 cm³/mol. The molecule has 1 saturated carbocycles. The summed E-state index contributed by atoms with van der Waals surface area (Å²) in [5.74, 6) is 0.0618. The Morgan fingerprint density at radius 1 is 1.47 bits per heavy atom. The first-order chi connectivity index (χ1) is 7.97. The Hall–Kier alpha value is -0.860. The van der Waals surface area contributed by atoms with Crippen LogP contribution in [0.15, 0.2) is 17.3 Å². The predicted octanol–water partition coefficient (Wildman–Crippen LogP) is 0.233. The average Bonchev–Trinajstić information content (AvgIpc) is 3.08. The van der Waals surface area contributed by atoms with E-state index in [2.05, 4.69) is 14.7 Å². The van der Waals surface area contributed by atoms with E-state index in [4.69, 9.17) is 5.73 Å². The lowest BCUT2D eigenvalue weighted by molar-refractivity contribution is 0.579. The zero-order chi connectivity index (χ0) is 12.5. The van der Waals surface area contributed by atoms with Gasteiger partial charge in [-0.3, -0.25) is 0 Å². The molecule has 1 aliphatic rings. The largest absolute Gasteiger partial charge is 0.368 e. The molecule has 94 valence electrons. The van der Waals surface area contributed by atoms with Crippen LogP contribution in [0, 0.1) is 0 Å². The molecule has 6 nitrogen and oxygen atoms in total. The molecule has 0 radical (unpaired) electrons. The molecule has 0 aliphatic heterocycles. The number of sulfonamides is 1. The normalized spacial score (nSPS) is 17.9. The van der Waals surface area contributed by atoms with Gasteiger partial charge in [-0.05, 0) is 19.1 Å². The summed E-state index contributed by atoms with van der Waals surface area (Å²) < 4.78 is 26.4. The Bertz CT molecular complexity index is 496. The number of hydrogen-bond donors (Lipinski definition) is 2. The number of nitrogens with zero attached hydrogens (tertiary/aromatic N) is 2. The second-order valence-electron chi connectivity index (χ2n) is 3.99. The Labute approximate surface area is 104 Å². The molecule has 2 rings (SSSR count). The van der Waals surface area contributed by atoms with Crippen molar-refractivity contribution in [2.24, 2.45) is 0 Å². The van der Waals surface area contributed by atoms with Gasteiger partial charge in [0.2, 0.25) is 16.0 Å². The van der Waals surface area contributed by atoms with Crippen molar-refractivity contribution in [2.45, 2.75) is 22.5 Å². The maximum Gasteiger partial charge on any atom is 0.243 e. The molecule has 1 heterocycles. The number of rotatable bonds is 5. The molecule has 0 bridgehead atoms. The minimum absolute atomic E-state index is 0.0450. The fraction of sp³-hybridized carbons (Fsp3) is 0.556. The van der Waals surface area contributed by atoms with Gasteiger partial charge in [0, 0.05) is 11.3 Å². The van der Waals surface area contributed by atoms with Gasteiger partial charge in [-0.25, -0.2) is 23.1 Å². The topological polar surface area (TPSA) is 98.0 Å². The van der Waals surface area contributed by atoms with Crippen molar-refractivity contribution in [1.82, 2.24) is 14.7 Å². The first-order valence-corrected chi connectivity index (χ1v) is 7.81. The van der Waals surface area contributed by atoms with Crippen molar-refractivity contribution >= 4 is 27.7 Å². The molecule has 0 amide bonds. The summed E-state index contributed by atoms with van der Waals surface area (Å²) in [7, 11) is -3.52. The first kappa shape index (κ1) is 12.6. The molecule has 3 N–H and O–H groups in total. The third-order valence-corrected chi connectivity index (χ3v) is 5.56. The van der Waals surface area contributed by atoms with Crippen molar-refractivity contribution in [2.75, 3.05) is 18.5 Å². The molecule has 0 unspecified atom stereocenters. The molecular weight excluding hydrogens is 260 g/mol. The third-order valence-electron chi connectivity index (χ3n) is 2.78. The zero-order valence-corrected chi connectivity index (χ0v) is 11.0. The monoisotopic (exact) mass is 274 g/mol. The van der Waals surface area contributed by atoms with Gasteiger partial charge in [0.05, 0.1) is 12.4 Å². The van der Waals surface area contributed by atoms with E-state index in [0.717, 1.165) is 12.8 Å². The summed E-state index contributed by atoms with van der Waals surface area (Å²) >= 11 is 1.70. The van der Waals surface area contributed by atoms with Gasteiger partial charge >= 0.3 is 0 Å². The number of hydrogen-bond acceptors (Lipinski definition) is 6. The lowest BCUT2D eigenvalue weighted by atomic mass is 10.4. The summed E-state index contributed by atoms with van der Waals surface area (Å²) in [4.78, 5) is 7.38. The second kappa shape index (κ2) is 4.43. The van der Waals surface area contributed by atoms with Gasteiger partial charge in [-0.2, -0.15) is 11.8 Å². The highest BCUT2D eigenvalue weighted by molar-refractivity contribution is 8.00. The van der Waals surface area contributed by atoms with E-state index in [1.165, 1.54) is 12.4 Å². The second-order valence-corrected chi connectivity index (χ2v) is 7.03. The zero-order valence-electron chi connectivity index (χ0n) is 9.38. The van der Waals surface area contributed by atoms with Gasteiger partial charge in [0.15, 0.2) is 0 Å². The minimum Gasteiger partial charge on any atom is -0.368 e. The van der Waals surface area contributed by atoms with Crippen LogP contribution in [0.25, 0.3) is 0 Å². The van der Waals surface area contributed by atoms with E-state index in [1.807, 2.05) is 6.26 Å². The summed E-state index contributed by atoms with van der Waals surface area (Å²) in [5, 5.41) is 0. The van der Waals surface area contributed by atoms with Crippen LogP contribution in [-0.2, 0) is 10.0 Å². The highest BCUT2D eigenvalue weighted by Gasteiger charge is 2.42. The molecule has 1 fully saturated rings. The van der Waals surface area contributed by atoms with Crippen molar-refractivity contribution < 1.29 is 8.42 Å². The van der Waals surface area contributed by atoms with E-state index in [0.29, 0.717) is 6.54 Å². The molecule has 17 heavy (non-hydrogen) atoms. The summed E-state index contributed by atoms with van der Waals surface area (Å²) in [6, 6.07) is 0. The minimum atomic E-state index is -3.52. The van der Waals surface area contributed by atoms with Crippen LogP contribution in [-0.4, -0.2) is 35.9 Å². The van der Waals surface area contributed by atoms with Crippen molar-refractivity contribution in [3.05, 3.63) is 12.4 Å². The number of aromatic nitrogens is 2. The van der Waals surface area contributed by atoms with Crippen molar-refractivity contribution in [3.63, 3.8) is 0 Å². The maximum atomic E-state index is 11.9. The molecule has 1 aromatic rings. The summed E-state index contributed by atoms with van der Waals surface area (Å²) in [6.45, 7) is 0.445. The lowest BCUT2D eigenvalue weighted by Gasteiger charge is -2.13. The van der Waals surface area contributed by atoms with E-state index in [9.17, 15) is 8.42 Å². The van der Waals surface area contributed by atoms with E-state index in [1.54, 1.807) is 11.8 Å². The third kappa shape index (κ3) is 2.88. The lowest BCUT2D eigenvalue weighted by Crippen LogP contribution is -2.31. The standard InChI is InChI=1S/C9H14N4O2S2/c1-16-9(2-3-9)6-13-17(14,15)7-4-11-8(10)12-5-7/h4-5,13H,2-3,6H2,1H3,(H2,10,11,12). The number of thioether (sulfide) groups is 1. The molecule has 0 atom stereocenters. The number of anilines is 1. The Morgan fingerprint density at radius 2 is 2.06 bits per heavy atom. The number of nitrogen functional groups attached to an aromatic ring is 1. The van der Waals surface area contributed by atoms with Gasteiger partial charge in [0.1, 0.15) is 4.90 Å². The summed E-state index contributed by atoms with van der Waals surface area (Å²) in [6.07, 6.45) is 6.52. The van der Waals surface area contributed by atoms with E-state index in [-0.39, 0.29) is 15.6 Å². The fourth-order valence-electron chi connectivity index (χ4n) is 1.37. The molecule has 0 spiro atoms. The maximum absolute atomic E-state index is 11.9. The molecule has 8 heteroatoms. The molecular formula is C9H14N4O2S2. The highest BCUT2D eigenvalue weighted by Crippen LogP contribution is 2.46. The Kier molecular flexibility index (Phi) is 3.28. The SMILES string of the molecule is CSC1(CNS(=O)(=O)c2cnc(N)nc2)CC1. The molecule has 0 saturated heterocycles. The summed E-state index contributed by atoms with van der Waals surface area (Å²) in [5.41, 5.74) is 5.30. The first-order valence-electron chi connectivity index (χ1n) is 5.10. The van der Waals surface area contributed by atoms with E-state index >= 15 is 0 Å². The van der Waals surface area contributed by atoms with Crippen LogP contribution in [0.2, 0.25) is 0 Å². The van der Waals surface area contributed by atoms with Gasteiger partial charge in [-0.1, -0.05) is 0 Å². The van der Waals surface area contributed by atoms with Crippen LogP contribution >= 0.6 is 11.8 Å². The van der Waals surface area contributed by atoms with Gasteiger partial charge in [-0.15, -0.1) is 0 Å². The van der Waals surface area contributed by atoms with E-state index < -0.39 is 10.0 Å². The molecule has 0 aromatic carbocycles. The Morgan fingerprint density at radius 3 is 2.53 bits per heavy atom. The average molecular weight is 274 g/mol. The quantitative estimate of drug-likeness (QED) is 0.797.